The Morgan fingerprint density at radius 2 is 2.16 bits per heavy atom. The van der Waals surface area contributed by atoms with Crippen LogP contribution in [-0.2, 0) is 15.0 Å². The molecule has 0 radical (unpaired) electrons. The van der Waals surface area contributed by atoms with Crippen molar-refractivity contribution in [2.24, 2.45) is 5.92 Å². The van der Waals surface area contributed by atoms with Gasteiger partial charge in [-0.2, -0.15) is 17.4 Å². The monoisotopic (exact) mass is 293 g/mol. The van der Waals surface area contributed by atoms with Crippen LogP contribution in [0.5, 0.6) is 0 Å². The van der Waals surface area contributed by atoms with Crippen LogP contribution in [0.4, 0.5) is 0 Å². The van der Waals surface area contributed by atoms with Crippen LogP contribution in [0.1, 0.15) is 19.8 Å². The zero-order valence-corrected chi connectivity index (χ0v) is 12.5. The lowest BCUT2D eigenvalue weighted by Gasteiger charge is -2.31. The van der Waals surface area contributed by atoms with Crippen LogP contribution >= 0.6 is 0 Å². The van der Waals surface area contributed by atoms with E-state index in [1.54, 1.807) is 6.92 Å². The van der Waals surface area contributed by atoms with Crippen molar-refractivity contribution in [2.75, 3.05) is 33.7 Å². The van der Waals surface area contributed by atoms with Gasteiger partial charge in [0.15, 0.2) is 0 Å². The molecule has 0 amide bonds. The van der Waals surface area contributed by atoms with E-state index in [0.717, 1.165) is 0 Å². The third kappa shape index (κ3) is 5.06. The van der Waals surface area contributed by atoms with Gasteiger partial charge in [0, 0.05) is 25.7 Å². The van der Waals surface area contributed by atoms with E-state index in [0.29, 0.717) is 25.9 Å². The maximum atomic E-state index is 12.1. The molecule has 1 rings (SSSR count). The Labute approximate surface area is 114 Å². The number of aliphatic carboxylic acids is 1. The number of piperidine rings is 1. The van der Waals surface area contributed by atoms with Crippen LogP contribution in [0, 0.1) is 5.92 Å². The molecule has 0 aliphatic carbocycles. The summed E-state index contributed by atoms with van der Waals surface area (Å²) in [6.45, 7) is 2.82. The molecule has 0 aromatic heterocycles. The number of carbonyl (C=O) groups is 1. The van der Waals surface area contributed by atoms with Crippen molar-refractivity contribution >= 4 is 16.2 Å². The highest BCUT2D eigenvalue weighted by Gasteiger charge is 2.32. The van der Waals surface area contributed by atoms with E-state index in [1.807, 2.05) is 19.0 Å². The Balaban J connectivity index is 2.64. The predicted octanol–water partition coefficient (Wildman–Crippen LogP) is -0.432. The van der Waals surface area contributed by atoms with Crippen LogP contribution < -0.4 is 4.72 Å². The minimum atomic E-state index is -3.60. The summed E-state index contributed by atoms with van der Waals surface area (Å²) in [6, 6.07) is -0.217. The molecule has 1 saturated heterocycles. The fourth-order valence-electron chi connectivity index (χ4n) is 2.28. The maximum Gasteiger partial charge on any atom is 0.307 e. The summed E-state index contributed by atoms with van der Waals surface area (Å²) in [7, 11) is 0.133. The molecule has 0 aromatic carbocycles. The first-order chi connectivity index (χ1) is 8.72. The molecule has 19 heavy (non-hydrogen) atoms. The quantitative estimate of drug-likeness (QED) is 0.693. The number of carboxylic acids is 1. The molecule has 1 aliphatic rings. The minimum Gasteiger partial charge on any atom is -0.481 e. The molecule has 0 aromatic rings. The number of nitrogens with zero attached hydrogens (tertiary/aromatic N) is 2. The number of hydrogen-bond donors (Lipinski definition) is 2. The summed E-state index contributed by atoms with van der Waals surface area (Å²) >= 11 is 0. The average Bonchev–Trinajstić information content (AvgIpc) is 2.27. The molecule has 1 aliphatic heterocycles. The van der Waals surface area contributed by atoms with Gasteiger partial charge in [0.25, 0.3) is 10.2 Å². The lowest BCUT2D eigenvalue weighted by molar-refractivity contribution is -0.142. The first-order valence-electron chi connectivity index (χ1n) is 6.37. The highest BCUT2D eigenvalue weighted by atomic mass is 32.2. The Morgan fingerprint density at radius 1 is 1.53 bits per heavy atom. The van der Waals surface area contributed by atoms with Gasteiger partial charge < -0.3 is 10.0 Å². The van der Waals surface area contributed by atoms with E-state index >= 15 is 0 Å². The van der Waals surface area contributed by atoms with Gasteiger partial charge >= 0.3 is 5.97 Å². The second-order valence-corrected chi connectivity index (χ2v) is 7.02. The van der Waals surface area contributed by atoms with Gasteiger partial charge in [-0.15, -0.1) is 0 Å². The first kappa shape index (κ1) is 16.4. The summed E-state index contributed by atoms with van der Waals surface area (Å²) in [5.74, 6) is -1.53. The minimum absolute atomic E-state index is 0.0549. The van der Waals surface area contributed by atoms with Crippen molar-refractivity contribution in [3.63, 3.8) is 0 Å². The van der Waals surface area contributed by atoms with E-state index in [2.05, 4.69) is 4.72 Å². The third-order valence-corrected chi connectivity index (χ3v) is 4.77. The highest BCUT2D eigenvalue weighted by molar-refractivity contribution is 7.87. The molecule has 0 bridgehead atoms. The molecule has 2 atom stereocenters. The summed E-state index contributed by atoms with van der Waals surface area (Å²) in [5, 5.41) is 8.97. The second-order valence-electron chi connectivity index (χ2n) is 5.32. The molecule has 7 nitrogen and oxygen atoms in total. The molecule has 2 N–H and O–H groups in total. The maximum absolute atomic E-state index is 12.1. The van der Waals surface area contributed by atoms with Crippen molar-refractivity contribution < 1.29 is 18.3 Å². The number of carboxylic acid groups (broad SMARTS) is 1. The molecule has 0 saturated carbocycles. The molecule has 2 unspecified atom stereocenters. The SMILES string of the molecule is CC(CN(C)C)NS(=O)(=O)N1CCCC(C(=O)O)C1. The fraction of sp³-hybridized carbons (Fsp3) is 0.909. The van der Waals surface area contributed by atoms with E-state index in [4.69, 9.17) is 5.11 Å². The predicted molar refractivity (Wildman–Crippen MR) is 72.0 cm³/mol. The molecule has 0 spiro atoms. The zero-order valence-electron chi connectivity index (χ0n) is 11.7. The fourth-order valence-corrected chi connectivity index (χ4v) is 3.75. The Kier molecular flexibility index (Phi) is 5.72. The molecule has 112 valence electrons. The molecular weight excluding hydrogens is 270 g/mol. The third-order valence-electron chi connectivity index (χ3n) is 3.06. The molecule has 8 heteroatoms. The van der Waals surface area contributed by atoms with Crippen molar-refractivity contribution in [3.8, 4) is 0 Å². The van der Waals surface area contributed by atoms with E-state index < -0.39 is 22.1 Å². The lowest BCUT2D eigenvalue weighted by Crippen LogP contribution is -2.51. The summed E-state index contributed by atoms with van der Waals surface area (Å²) in [5.41, 5.74) is 0. The van der Waals surface area contributed by atoms with Gasteiger partial charge in [-0.3, -0.25) is 4.79 Å². The topological polar surface area (TPSA) is 90.0 Å². The van der Waals surface area contributed by atoms with E-state index in [1.165, 1.54) is 4.31 Å². The van der Waals surface area contributed by atoms with Gasteiger partial charge in [-0.05, 0) is 33.9 Å². The standard InChI is InChI=1S/C11H23N3O4S/c1-9(7-13(2)3)12-19(17,18)14-6-4-5-10(8-14)11(15)16/h9-10,12H,4-8H2,1-3H3,(H,15,16). The van der Waals surface area contributed by atoms with Gasteiger partial charge in [0.05, 0.1) is 5.92 Å². The zero-order chi connectivity index (χ0) is 14.6. The van der Waals surface area contributed by atoms with Crippen LogP contribution in [0.25, 0.3) is 0 Å². The van der Waals surface area contributed by atoms with Gasteiger partial charge in [-0.25, -0.2) is 0 Å². The normalized spacial score (nSPS) is 23.5. The van der Waals surface area contributed by atoms with E-state index in [-0.39, 0.29) is 12.6 Å². The largest absolute Gasteiger partial charge is 0.481 e. The van der Waals surface area contributed by atoms with Crippen LogP contribution in [0.15, 0.2) is 0 Å². The van der Waals surface area contributed by atoms with Gasteiger partial charge in [-0.1, -0.05) is 0 Å². The second kappa shape index (κ2) is 6.65. The van der Waals surface area contributed by atoms with Crippen molar-refractivity contribution in [3.05, 3.63) is 0 Å². The van der Waals surface area contributed by atoms with Crippen molar-refractivity contribution in [1.82, 2.24) is 13.9 Å². The highest BCUT2D eigenvalue weighted by Crippen LogP contribution is 2.18. The summed E-state index contributed by atoms with van der Waals surface area (Å²) < 4.78 is 28.1. The number of likely N-dealkylation sites (N-methyl/N-ethyl adjacent to an activating group) is 1. The number of rotatable bonds is 6. The first-order valence-corrected chi connectivity index (χ1v) is 7.81. The Morgan fingerprint density at radius 3 is 2.68 bits per heavy atom. The Bertz CT molecular complexity index is 410. The van der Waals surface area contributed by atoms with Gasteiger partial charge in [0.1, 0.15) is 0 Å². The van der Waals surface area contributed by atoms with Crippen LogP contribution in [0.2, 0.25) is 0 Å². The summed E-state index contributed by atoms with van der Waals surface area (Å²) in [4.78, 5) is 12.8. The van der Waals surface area contributed by atoms with Crippen LogP contribution in [0.3, 0.4) is 0 Å². The summed E-state index contributed by atoms with van der Waals surface area (Å²) in [6.07, 6.45) is 1.12. The number of nitrogens with one attached hydrogen (secondary N) is 1. The molecule has 1 heterocycles. The molecule has 1 fully saturated rings. The van der Waals surface area contributed by atoms with Crippen molar-refractivity contribution in [1.29, 1.82) is 0 Å². The smallest absolute Gasteiger partial charge is 0.307 e. The van der Waals surface area contributed by atoms with E-state index in [9.17, 15) is 13.2 Å². The average molecular weight is 293 g/mol. The van der Waals surface area contributed by atoms with Crippen LogP contribution in [-0.4, -0.2) is 68.5 Å². The molecular formula is C11H23N3O4S. The number of hydrogen-bond acceptors (Lipinski definition) is 4. The van der Waals surface area contributed by atoms with Crippen molar-refractivity contribution in [2.45, 2.75) is 25.8 Å². The Hall–Kier alpha value is -0.700. The van der Waals surface area contributed by atoms with Gasteiger partial charge in [0.2, 0.25) is 0 Å². The lowest BCUT2D eigenvalue weighted by atomic mass is 10.0.